The Bertz CT molecular complexity index is 973. The summed E-state index contributed by atoms with van der Waals surface area (Å²) in [5.41, 5.74) is 0.929. The smallest absolute Gasteiger partial charge is 0.412 e. The van der Waals surface area contributed by atoms with E-state index < -0.39 is 11.7 Å². The van der Waals surface area contributed by atoms with Crippen molar-refractivity contribution in [1.29, 1.82) is 0 Å². The van der Waals surface area contributed by atoms with Gasteiger partial charge in [-0.1, -0.05) is 24.3 Å². The molecule has 0 aliphatic rings. The predicted octanol–water partition coefficient (Wildman–Crippen LogP) is 5.39. The number of amides is 1. The lowest BCUT2D eigenvalue weighted by molar-refractivity contribution is 0.0636. The molecule has 2 aromatic carbocycles. The highest BCUT2D eigenvalue weighted by Crippen LogP contribution is 2.34. The van der Waals surface area contributed by atoms with E-state index in [2.05, 4.69) is 15.3 Å². The first kappa shape index (κ1) is 18.6. The van der Waals surface area contributed by atoms with E-state index in [-0.39, 0.29) is 0 Å². The Hall–Kier alpha value is -3.15. The molecule has 0 saturated heterocycles. The lowest BCUT2D eigenvalue weighted by Gasteiger charge is -2.20. The van der Waals surface area contributed by atoms with Gasteiger partial charge in [0.15, 0.2) is 0 Å². The Morgan fingerprint density at radius 3 is 2.37 bits per heavy atom. The van der Waals surface area contributed by atoms with Gasteiger partial charge in [0.25, 0.3) is 0 Å². The number of nitrogens with zero attached hydrogens (tertiary/aromatic N) is 2. The molecule has 6 heteroatoms. The normalized spacial score (nSPS) is 11.3. The van der Waals surface area contributed by atoms with Gasteiger partial charge in [-0.05, 0) is 46.8 Å². The summed E-state index contributed by atoms with van der Waals surface area (Å²) in [6.45, 7) is 9.20. The number of nitrogens with one attached hydrogen (secondary N) is 1. The first-order valence-corrected chi connectivity index (χ1v) is 8.73. The molecule has 1 aromatic heterocycles. The maximum atomic E-state index is 12.1. The monoisotopic (exact) mass is 365 g/mol. The van der Waals surface area contributed by atoms with Gasteiger partial charge in [-0.2, -0.15) is 4.98 Å². The molecule has 0 spiro atoms. The van der Waals surface area contributed by atoms with Crippen molar-refractivity contribution in [3.63, 3.8) is 0 Å². The minimum Gasteiger partial charge on any atom is -0.444 e. The predicted molar refractivity (Wildman–Crippen MR) is 105 cm³/mol. The largest absolute Gasteiger partial charge is 0.444 e. The Morgan fingerprint density at radius 2 is 1.70 bits per heavy atom. The van der Waals surface area contributed by atoms with E-state index in [0.717, 1.165) is 16.5 Å². The summed E-state index contributed by atoms with van der Waals surface area (Å²) < 4.78 is 11.3. The zero-order valence-corrected chi connectivity index (χ0v) is 16.2. The summed E-state index contributed by atoms with van der Waals surface area (Å²) in [5.74, 6) is 1.79. The van der Waals surface area contributed by atoms with Crippen LogP contribution in [-0.4, -0.2) is 21.7 Å². The van der Waals surface area contributed by atoms with Crippen LogP contribution >= 0.6 is 0 Å². The van der Waals surface area contributed by atoms with Gasteiger partial charge in [0.1, 0.15) is 17.2 Å². The number of benzene rings is 2. The van der Waals surface area contributed by atoms with Crippen LogP contribution in [0.25, 0.3) is 10.8 Å². The molecule has 3 aromatic rings. The molecule has 6 nitrogen and oxygen atoms in total. The number of carbonyl (C=O) groups excluding carboxylic acids is 1. The van der Waals surface area contributed by atoms with Gasteiger partial charge in [-0.15, -0.1) is 0 Å². The van der Waals surface area contributed by atoms with Gasteiger partial charge in [-0.25, -0.2) is 9.78 Å². The summed E-state index contributed by atoms with van der Waals surface area (Å²) in [5, 5.41) is 4.52. The molecule has 0 bridgehead atoms. The lowest BCUT2D eigenvalue weighted by atomic mass is 10.1. The highest BCUT2D eigenvalue weighted by Gasteiger charge is 2.17. The third-order valence-corrected chi connectivity index (χ3v) is 3.68. The molecule has 27 heavy (non-hydrogen) atoms. The van der Waals surface area contributed by atoms with Crippen LogP contribution in [0.3, 0.4) is 0 Å². The SMILES string of the molecule is Cc1cc(Oc2ccc(NC(=O)OC(C)(C)C)c3ccccc23)nc(C)n1. The van der Waals surface area contributed by atoms with Crippen LogP contribution in [-0.2, 0) is 4.74 Å². The van der Waals surface area contributed by atoms with Gasteiger partial charge < -0.3 is 9.47 Å². The van der Waals surface area contributed by atoms with Gasteiger partial charge in [-0.3, -0.25) is 5.32 Å². The molecule has 0 fully saturated rings. The zero-order chi connectivity index (χ0) is 19.6. The van der Waals surface area contributed by atoms with Gasteiger partial charge >= 0.3 is 6.09 Å². The maximum absolute atomic E-state index is 12.1. The number of carbonyl (C=O) groups is 1. The van der Waals surface area contributed by atoms with Crippen molar-refractivity contribution in [2.45, 2.75) is 40.2 Å². The molecule has 0 radical (unpaired) electrons. The van der Waals surface area contributed by atoms with Gasteiger partial charge in [0.05, 0.1) is 5.69 Å². The first-order valence-electron chi connectivity index (χ1n) is 8.73. The van der Waals surface area contributed by atoms with Crippen molar-refractivity contribution in [1.82, 2.24) is 9.97 Å². The van der Waals surface area contributed by atoms with Crippen molar-refractivity contribution >= 4 is 22.6 Å². The highest BCUT2D eigenvalue weighted by atomic mass is 16.6. The van der Waals surface area contributed by atoms with E-state index in [4.69, 9.17) is 9.47 Å². The van der Waals surface area contributed by atoms with Crippen LogP contribution in [0.4, 0.5) is 10.5 Å². The molecule has 0 atom stereocenters. The average Bonchev–Trinajstić information content (AvgIpc) is 2.54. The molecular formula is C21H23N3O3. The minimum absolute atomic E-state index is 0.484. The second-order valence-corrected chi connectivity index (χ2v) is 7.28. The fraction of sp³-hybridized carbons (Fsp3) is 0.286. The zero-order valence-electron chi connectivity index (χ0n) is 16.2. The van der Waals surface area contributed by atoms with E-state index in [9.17, 15) is 4.79 Å². The summed E-state index contributed by atoms with van der Waals surface area (Å²) >= 11 is 0. The van der Waals surface area contributed by atoms with E-state index >= 15 is 0 Å². The third-order valence-electron chi connectivity index (χ3n) is 3.68. The summed E-state index contributed by atoms with van der Waals surface area (Å²) in [6.07, 6.45) is -0.497. The number of hydrogen-bond acceptors (Lipinski definition) is 5. The molecule has 3 rings (SSSR count). The molecule has 1 heterocycles. The molecule has 0 unspecified atom stereocenters. The highest BCUT2D eigenvalue weighted by molar-refractivity contribution is 6.02. The van der Waals surface area contributed by atoms with Crippen molar-refractivity contribution < 1.29 is 14.3 Å². The van der Waals surface area contributed by atoms with Crippen molar-refractivity contribution in [3.8, 4) is 11.6 Å². The van der Waals surface area contributed by atoms with Crippen LogP contribution in [0.15, 0.2) is 42.5 Å². The molecule has 1 amide bonds. The lowest BCUT2D eigenvalue weighted by Crippen LogP contribution is -2.27. The second-order valence-electron chi connectivity index (χ2n) is 7.28. The standard InChI is InChI=1S/C21H23N3O3/c1-13-12-19(23-14(2)22-13)26-18-11-10-17(15-8-6-7-9-16(15)18)24-20(25)27-21(3,4)5/h6-12H,1-5H3,(H,24,25). The van der Waals surface area contributed by atoms with Crippen molar-refractivity contribution in [2.75, 3.05) is 5.32 Å². The number of hydrogen-bond donors (Lipinski definition) is 1. The summed E-state index contributed by atoms with van der Waals surface area (Å²) in [4.78, 5) is 20.7. The van der Waals surface area contributed by atoms with E-state index in [1.165, 1.54) is 0 Å². The van der Waals surface area contributed by atoms with Crippen molar-refractivity contribution in [2.24, 2.45) is 0 Å². The number of aryl methyl sites for hydroxylation is 2. The van der Waals surface area contributed by atoms with E-state index in [1.54, 1.807) is 12.1 Å². The van der Waals surface area contributed by atoms with Gasteiger partial charge in [0.2, 0.25) is 5.88 Å². The maximum Gasteiger partial charge on any atom is 0.412 e. The van der Waals surface area contributed by atoms with Crippen LogP contribution in [0.1, 0.15) is 32.3 Å². The van der Waals surface area contributed by atoms with E-state index in [0.29, 0.717) is 23.1 Å². The second kappa shape index (κ2) is 7.23. The molecule has 140 valence electrons. The van der Waals surface area contributed by atoms with Crippen LogP contribution in [0.2, 0.25) is 0 Å². The first-order chi connectivity index (χ1) is 12.7. The Morgan fingerprint density at radius 1 is 1.00 bits per heavy atom. The number of fused-ring (bicyclic) bond motifs is 1. The number of aromatic nitrogens is 2. The molecule has 0 saturated carbocycles. The van der Waals surface area contributed by atoms with Crippen LogP contribution in [0.5, 0.6) is 11.6 Å². The average molecular weight is 365 g/mol. The van der Waals surface area contributed by atoms with Crippen LogP contribution in [0, 0.1) is 13.8 Å². The van der Waals surface area contributed by atoms with E-state index in [1.807, 2.05) is 65.0 Å². The molecular weight excluding hydrogens is 342 g/mol. The quantitative estimate of drug-likeness (QED) is 0.674. The van der Waals surface area contributed by atoms with Crippen molar-refractivity contribution in [3.05, 3.63) is 54.0 Å². The Balaban J connectivity index is 1.94. The Kier molecular flexibility index (Phi) is 4.99. The third kappa shape index (κ3) is 4.73. The van der Waals surface area contributed by atoms with Crippen LogP contribution < -0.4 is 10.1 Å². The number of anilines is 1. The fourth-order valence-electron chi connectivity index (χ4n) is 2.73. The summed E-state index contributed by atoms with van der Waals surface area (Å²) in [6, 6.07) is 13.1. The number of ether oxygens (including phenoxy) is 2. The molecule has 0 aliphatic heterocycles. The fourth-order valence-corrected chi connectivity index (χ4v) is 2.73. The minimum atomic E-state index is -0.564. The summed E-state index contributed by atoms with van der Waals surface area (Å²) in [7, 11) is 0. The molecule has 1 N–H and O–H groups in total. The molecule has 0 aliphatic carbocycles. The van der Waals surface area contributed by atoms with Gasteiger partial charge in [0, 0.05) is 22.5 Å². The topological polar surface area (TPSA) is 73.3 Å². The number of rotatable bonds is 3. The Labute approximate surface area is 158 Å².